The van der Waals surface area contributed by atoms with Crippen LogP contribution in [0, 0.1) is 0 Å². The standard InChI is InChI=1S/C39H53NO4/c1-5-6-7-8-9-10-20-27-34-36(42-29-32-23-16-12-17-24-32)37(43-30-33-25-18-13-19-26-33)35(28-31-21-14-11-15-22-31)40(34)38(41)44-39(2,3)4/h11-19,21-26,34-37H,5-10,20,27-30H2,1-4H3/t34-,35+,36+,37+/m0/s1. The molecule has 1 aliphatic heterocycles. The van der Waals surface area contributed by atoms with Crippen LogP contribution in [0.5, 0.6) is 0 Å². The smallest absolute Gasteiger partial charge is 0.410 e. The number of carbonyl (C=O) groups excluding carboxylic acids is 1. The summed E-state index contributed by atoms with van der Waals surface area (Å²) in [4.78, 5) is 16.1. The third kappa shape index (κ3) is 10.5. The van der Waals surface area contributed by atoms with Crippen molar-refractivity contribution in [2.24, 2.45) is 0 Å². The van der Waals surface area contributed by atoms with E-state index in [1.807, 2.05) is 68.1 Å². The summed E-state index contributed by atoms with van der Waals surface area (Å²) in [5.41, 5.74) is 2.77. The highest BCUT2D eigenvalue weighted by molar-refractivity contribution is 5.70. The zero-order chi connectivity index (χ0) is 31.2. The Balaban J connectivity index is 1.66. The van der Waals surface area contributed by atoms with Crippen LogP contribution in [0.3, 0.4) is 0 Å². The molecule has 0 saturated carbocycles. The summed E-state index contributed by atoms with van der Waals surface area (Å²) >= 11 is 0. The van der Waals surface area contributed by atoms with E-state index in [0.717, 1.165) is 36.0 Å². The van der Waals surface area contributed by atoms with Gasteiger partial charge in [0.1, 0.15) is 17.8 Å². The molecule has 0 unspecified atom stereocenters. The summed E-state index contributed by atoms with van der Waals surface area (Å²) in [6, 6.07) is 30.6. The van der Waals surface area contributed by atoms with Gasteiger partial charge in [0.2, 0.25) is 0 Å². The topological polar surface area (TPSA) is 48.0 Å². The maximum absolute atomic E-state index is 14.1. The fourth-order valence-electron chi connectivity index (χ4n) is 6.22. The molecule has 0 radical (unpaired) electrons. The third-order valence-corrected chi connectivity index (χ3v) is 8.36. The lowest BCUT2D eigenvalue weighted by atomic mass is 9.98. The molecule has 1 fully saturated rings. The minimum absolute atomic E-state index is 0.154. The molecule has 5 heteroatoms. The Morgan fingerprint density at radius 2 is 1.09 bits per heavy atom. The van der Waals surface area contributed by atoms with E-state index in [9.17, 15) is 4.79 Å². The molecule has 0 spiro atoms. The van der Waals surface area contributed by atoms with Gasteiger partial charge in [-0.1, -0.05) is 143 Å². The number of carbonyl (C=O) groups is 1. The van der Waals surface area contributed by atoms with Crippen molar-refractivity contribution in [1.82, 2.24) is 4.90 Å². The second-order valence-corrected chi connectivity index (χ2v) is 13.1. The van der Waals surface area contributed by atoms with Crippen molar-refractivity contribution in [2.75, 3.05) is 0 Å². The number of ether oxygens (including phenoxy) is 3. The van der Waals surface area contributed by atoms with Crippen molar-refractivity contribution in [3.63, 3.8) is 0 Å². The van der Waals surface area contributed by atoms with Crippen LogP contribution in [-0.4, -0.2) is 40.9 Å². The normalized spacial score (nSPS) is 20.1. The van der Waals surface area contributed by atoms with E-state index in [0.29, 0.717) is 19.6 Å². The number of nitrogens with zero attached hydrogens (tertiary/aromatic N) is 1. The van der Waals surface area contributed by atoms with Crippen molar-refractivity contribution in [2.45, 2.75) is 129 Å². The molecule has 44 heavy (non-hydrogen) atoms. The van der Waals surface area contributed by atoms with E-state index in [2.05, 4.69) is 55.5 Å². The van der Waals surface area contributed by atoms with Crippen LogP contribution < -0.4 is 0 Å². The second-order valence-electron chi connectivity index (χ2n) is 13.1. The van der Waals surface area contributed by atoms with Gasteiger partial charge in [0.25, 0.3) is 0 Å². The van der Waals surface area contributed by atoms with Gasteiger partial charge in [-0.05, 0) is 50.3 Å². The minimum atomic E-state index is -0.610. The van der Waals surface area contributed by atoms with E-state index < -0.39 is 5.60 Å². The number of likely N-dealkylation sites (tertiary alicyclic amines) is 1. The Kier molecular flexibility index (Phi) is 13.3. The molecule has 0 N–H and O–H groups in total. The molecule has 5 nitrogen and oxygen atoms in total. The first-order valence-corrected chi connectivity index (χ1v) is 16.7. The molecule has 4 rings (SSSR count). The molecule has 3 aromatic rings. The first-order valence-electron chi connectivity index (χ1n) is 16.7. The molecule has 1 amide bonds. The average Bonchev–Trinajstić information content (AvgIpc) is 3.30. The van der Waals surface area contributed by atoms with Gasteiger partial charge in [0.15, 0.2) is 0 Å². The largest absolute Gasteiger partial charge is 0.444 e. The number of amides is 1. The predicted molar refractivity (Wildman–Crippen MR) is 178 cm³/mol. The van der Waals surface area contributed by atoms with E-state index in [1.54, 1.807) is 0 Å². The van der Waals surface area contributed by atoms with Gasteiger partial charge in [-0.15, -0.1) is 0 Å². The van der Waals surface area contributed by atoms with Crippen LogP contribution in [0.15, 0.2) is 91.0 Å². The lowest BCUT2D eigenvalue weighted by Crippen LogP contribution is -2.47. The van der Waals surface area contributed by atoms with E-state index in [1.165, 1.54) is 32.1 Å². The van der Waals surface area contributed by atoms with Crippen molar-refractivity contribution in [3.8, 4) is 0 Å². The molecule has 0 bridgehead atoms. The Morgan fingerprint density at radius 1 is 0.636 bits per heavy atom. The van der Waals surface area contributed by atoms with Crippen LogP contribution in [0.4, 0.5) is 4.79 Å². The lowest BCUT2D eigenvalue weighted by Gasteiger charge is -2.33. The highest BCUT2D eigenvalue weighted by atomic mass is 16.6. The Hall–Kier alpha value is -3.15. The van der Waals surface area contributed by atoms with Gasteiger partial charge < -0.3 is 14.2 Å². The molecular weight excluding hydrogens is 546 g/mol. The molecule has 238 valence electrons. The second kappa shape index (κ2) is 17.4. The molecule has 1 saturated heterocycles. The quantitative estimate of drug-likeness (QED) is 0.154. The maximum Gasteiger partial charge on any atom is 0.410 e. The van der Waals surface area contributed by atoms with Crippen LogP contribution in [0.1, 0.15) is 95.8 Å². The first kappa shape index (κ1) is 33.7. The van der Waals surface area contributed by atoms with Crippen LogP contribution >= 0.6 is 0 Å². The van der Waals surface area contributed by atoms with Gasteiger partial charge >= 0.3 is 6.09 Å². The van der Waals surface area contributed by atoms with Gasteiger partial charge in [0.05, 0.1) is 25.3 Å². The van der Waals surface area contributed by atoms with Crippen molar-refractivity contribution in [3.05, 3.63) is 108 Å². The fraction of sp³-hybridized carbons (Fsp3) is 0.513. The SMILES string of the molecule is CCCCCCCCC[C@H]1[C@@H](OCc2ccccc2)[C@H](OCc2ccccc2)[C@@H](Cc2ccccc2)N1C(=O)OC(C)(C)C. The predicted octanol–water partition coefficient (Wildman–Crippen LogP) is 9.53. The van der Waals surface area contributed by atoms with Gasteiger partial charge in [-0.3, -0.25) is 4.90 Å². The molecule has 1 aliphatic rings. The summed E-state index contributed by atoms with van der Waals surface area (Å²) < 4.78 is 19.7. The lowest BCUT2D eigenvalue weighted by molar-refractivity contribution is -0.0794. The van der Waals surface area contributed by atoms with Crippen LogP contribution in [-0.2, 0) is 33.8 Å². The first-order chi connectivity index (χ1) is 21.4. The van der Waals surface area contributed by atoms with Gasteiger partial charge in [-0.25, -0.2) is 4.79 Å². The number of rotatable bonds is 16. The molecule has 4 atom stereocenters. The summed E-state index contributed by atoms with van der Waals surface area (Å²) in [5, 5.41) is 0. The van der Waals surface area contributed by atoms with Crippen LogP contribution in [0.2, 0.25) is 0 Å². The third-order valence-electron chi connectivity index (χ3n) is 8.36. The summed E-state index contributed by atoms with van der Waals surface area (Å²) in [5.74, 6) is 0. The molecular formula is C39H53NO4. The molecule has 1 heterocycles. The highest BCUT2D eigenvalue weighted by Gasteiger charge is 2.53. The summed E-state index contributed by atoms with van der Waals surface area (Å²) in [7, 11) is 0. The monoisotopic (exact) mass is 599 g/mol. The zero-order valence-corrected chi connectivity index (χ0v) is 27.3. The molecule has 0 aliphatic carbocycles. The van der Waals surface area contributed by atoms with Crippen LogP contribution in [0.25, 0.3) is 0 Å². The van der Waals surface area contributed by atoms with Crippen molar-refractivity contribution >= 4 is 6.09 Å². The van der Waals surface area contributed by atoms with Gasteiger partial charge in [-0.2, -0.15) is 0 Å². The Morgan fingerprint density at radius 3 is 1.59 bits per heavy atom. The van der Waals surface area contributed by atoms with Gasteiger partial charge in [0, 0.05) is 0 Å². The number of hydrogen-bond acceptors (Lipinski definition) is 4. The summed E-state index contributed by atoms with van der Waals surface area (Å²) in [6.45, 7) is 8.98. The highest BCUT2D eigenvalue weighted by Crippen LogP contribution is 2.37. The number of hydrogen-bond donors (Lipinski definition) is 0. The maximum atomic E-state index is 14.1. The Labute approximate surface area is 265 Å². The van der Waals surface area contributed by atoms with Crippen molar-refractivity contribution < 1.29 is 19.0 Å². The zero-order valence-electron chi connectivity index (χ0n) is 27.3. The fourth-order valence-corrected chi connectivity index (χ4v) is 6.22. The number of unbranched alkanes of at least 4 members (excludes halogenated alkanes) is 6. The van der Waals surface area contributed by atoms with E-state index in [-0.39, 0.29) is 30.4 Å². The summed E-state index contributed by atoms with van der Waals surface area (Å²) in [6.07, 6.45) is 9.12. The van der Waals surface area contributed by atoms with E-state index >= 15 is 0 Å². The molecule has 3 aromatic carbocycles. The van der Waals surface area contributed by atoms with E-state index in [4.69, 9.17) is 14.2 Å². The van der Waals surface area contributed by atoms with Crippen molar-refractivity contribution in [1.29, 1.82) is 0 Å². The Bertz CT molecular complexity index is 1210. The molecule has 0 aromatic heterocycles. The number of benzene rings is 3. The minimum Gasteiger partial charge on any atom is -0.444 e. The average molecular weight is 600 g/mol.